The highest BCUT2D eigenvalue weighted by Crippen LogP contribution is 2.31. The number of hydrogen-bond acceptors (Lipinski definition) is 4. The molecule has 7 heteroatoms. The van der Waals surface area contributed by atoms with Crippen molar-refractivity contribution in [3.63, 3.8) is 0 Å². The van der Waals surface area contributed by atoms with Gasteiger partial charge in [0.05, 0.1) is 17.7 Å². The number of ether oxygens (including phenoxy) is 1. The normalized spacial score (nSPS) is 10.3. The van der Waals surface area contributed by atoms with Gasteiger partial charge in [-0.2, -0.15) is 0 Å². The molecule has 0 radical (unpaired) electrons. The van der Waals surface area contributed by atoms with E-state index < -0.39 is 0 Å². The minimum atomic E-state index is -0.286. The summed E-state index contributed by atoms with van der Waals surface area (Å²) >= 11 is 7.46. The maximum absolute atomic E-state index is 12.5. The van der Waals surface area contributed by atoms with E-state index in [1.807, 2.05) is 18.4 Å². The van der Waals surface area contributed by atoms with Gasteiger partial charge in [-0.1, -0.05) is 17.7 Å². The van der Waals surface area contributed by atoms with Gasteiger partial charge in [0, 0.05) is 22.3 Å². The van der Waals surface area contributed by atoms with Crippen LogP contribution >= 0.6 is 22.9 Å². The monoisotopic (exact) mass is 400 g/mol. The quantitative estimate of drug-likeness (QED) is 0.616. The molecule has 0 saturated carbocycles. The van der Waals surface area contributed by atoms with E-state index in [0.717, 1.165) is 5.56 Å². The van der Waals surface area contributed by atoms with Gasteiger partial charge in [0.2, 0.25) is 0 Å². The molecule has 0 saturated heterocycles. The number of benzene rings is 2. The van der Waals surface area contributed by atoms with Crippen LogP contribution in [0.5, 0.6) is 5.75 Å². The molecule has 0 fully saturated rings. The van der Waals surface area contributed by atoms with Gasteiger partial charge < -0.3 is 15.4 Å². The molecule has 1 heterocycles. The predicted octanol–water partition coefficient (Wildman–Crippen LogP) is 5.22. The first-order valence-corrected chi connectivity index (χ1v) is 9.34. The highest BCUT2D eigenvalue weighted by atomic mass is 35.5. The smallest absolute Gasteiger partial charge is 0.265 e. The second-order valence-corrected chi connectivity index (χ2v) is 7.12. The number of carbonyl (C=O) groups excluding carboxylic acids is 2. The lowest BCUT2D eigenvalue weighted by molar-refractivity contribution is 0.102. The summed E-state index contributed by atoms with van der Waals surface area (Å²) in [4.78, 5) is 25.2. The molecule has 1 aromatic heterocycles. The SMILES string of the molecule is COc1cc(Cl)c(C)cc1NC(=O)c1ccc(NC(=O)c2cccs2)cc1. The molecule has 2 N–H and O–H groups in total. The zero-order chi connectivity index (χ0) is 19.4. The van der Waals surface area contributed by atoms with Gasteiger partial charge in [-0.05, 0) is 54.3 Å². The summed E-state index contributed by atoms with van der Waals surface area (Å²) in [5, 5.41) is 8.03. The summed E-state index contributed by atoms with van der Waals surface area (Å²) in [6.07, 6.45) is 0. The van der Waals surface area contributed by atoms with E-state index in [1.54, 1.807) is 42.5 Å². The van der Waals surface area contributed by atoms with E-state index in [-0.39, 0.29) is 11.8 Å². The maximum Gasteiger partial charge on any atom is 0.265 e. The van der Waals surface area contributed by atoms with Gasteiger partial charge in [-0.3, -0.25) is 9.59 Å². The molecule has 0 bridgehead atoms. The van der Waals surface area contributed by atoms with Crippen LogP contribution < -0.4 is 15.4 Å². The van der Waals surface area contributed by atoms with Crippen molar-refractivity contribution >= 4 is 46.1 Å². The van der Waals surface area contributed by atoms with Crippen LogP contribution in [0, 0.1) is 6.92 Å². The Morgan fingerprint density at radius 2 is 1.78 bits per heavy atom. The Kier molecular flexibility index (Phi) is 5.78. The molecule has 3 aromatic rings. The second-order valence-electron chi connectivity index (χ2n) is 5.76. The molecule has 0 aliphatic carbocycles. The largest absolute Gasteiger partial charge is 0.495 e. The van der Waals surface area contributed by atoms with Gasteiger partial charge >= 0.3 is 0 Å². The van der Waals surface area contributed by atoms with Crippen molar-refractivity contribution in [2.75, 3.05) is 17.7 Å². The molecular weight excluding hydrogens is 384 g/mol. The van der Waals surface area contributed by atoms with Gasteiger partial charge in [0.1, 0.15) is 5.75 Å². The van der Waals surface area contributed by atoms with E-state index >= 15 is 0 Å². The standard InChI is InChI=1S/C20H17ClN2O3S/c1-12-10-16(17(26-2)11-15(12)21)23-19(24)13-5-7-14(8-6-13)22-20(25)18-4-3-9-27-18/h3-11H,1-2H3,(H,22,25)(H,23,24). The lowest BCUT2D eigenvalue weighted by atomic mass is 10.1. The highest BCUT2D eigenvalue weighted by molar-refractivity contribution is 7.12. The number of aryl methyl sites for hydroxylation is 1. The van der Waals surface area contributed by atoms with Crippen molar-refractivity contribution in [1.82, 2.24) is 0 Å². The van der Waals surface area contributed by atoms with E-state index in [1.165, 1.54) is 18.4 Å². The Hall–Kier alpha value is -2.83. The lowest BCUT2D eigenvalue weighted by Gasteiger charge is -2.12. The fourth-order valence-corrected chi connectivity index (χ4v) is 3.20. The number of thiophene rings is 1. The summed E-state index contributed by atoms with van der Waals surface area (Å²) in [6, 6.07) is 13.7. The van der Waals surface area contributed by atoms with Crippen LogP contribution in [0.25, 0.3) is 0 Å². The lowest BCUT2D eigenvalue weighted by Crippen LogP contribution is -2.14. The van der Waals surface area contributed by atoms with Crippen molar-refractivity contribution in [2.24, 2.45) is 0 Å². The fourth-order valence-electron chi connectivity index (χ4n) is 2.43. The number of hydrogen-bond donors (Lipinski definition) is 2. The molecule has 2 amide bonds. The minimum Gasteiger partial charge on any atom is -0.495 e. The van der Waals surface area contributed by atoms with Gasteiger partial charge in [0.15, 0.2) is 0 Å². The Morgan fingerprint density at radius 1 is 1.04 bits per heavy atom. The van der Waals surface area contributed by atoms with Crippen molar-refractivity contribution in [3.05, 3.63) is 74.9 Å². The molecule has 0 aliphatic rings. The molecule has 0 spiro atoms. The van der Waals surface area contributed by atoms with Crippen molar-refractivity contribution < 1.29 is 14.3 Å². The van der Waals surface area contributed by atoms with Crippen LogP contribution in [0.3, 0.4) is 0 Å². The van der Waals surface area contributed by atoms with Gasteiger partial charge in [-0.25, -0.2) is 0 Å². The second kappa shape index (κ2) is 8.24. The van der Waals surface area contributed by atoms with E-state index in [4.69, 9.17) is 16.3 Å². The van der Waals surface area contributed by atoms with Crippen LogP contribution in [0.15, 0.2) is 53.9 Å². The summed E-state index contributed by atoms with van der Waals surface area (Å²) < 4.78 is 5.27. The van der Waals surface area contributed by atoms with Crippen molar-refractivity contribution in [2.45, 2.75) is 6.92 Å². The number of nitrogens with one attached hydrogen (secondary N) is 2. The molecule has 2 aromatic carbocycles. The molecule has 0 aliphatic heterocycles. The topological polar surface area (TPSA) is 67.4 Å². The number of rotatable bonds is 5. The molecule has 0 unspecified atom stereocenters. The van der Waals surface area contributed by atoms with Crippen LogP contribution in [0.1, 0.15) is 25.6 Å². The van der Waals surface area contributed by atoms with E-state index in [0.29, 0.717) is 32.6 Å². The number of carbonyl (C=O) groups is 2. The summed E-state index contributed by atoms with van der Waals surface area (Å²) in [7, 11) is 1.52. The molecular formula is C20H17ClN2O3S. The molecule has 0 atom stereocenters. The number of halogens is 1. The molecule has 138 valence electrons. The maximum atomic E-state index is 12.5. The van der Waals surface area contributed by atoms with E-state index in [2.05, 4.69) is 10.6 Å². The zero-order valence-corrected chi connectivity index (χ0v) is 16.3. The summed E-state index contributed by atoms with van der Waals surface area (Å²) in [5.74, 6) is 0.0218. The fraction of sp³-hybridized carbons (Fsp3) is 0.100. The first-order chi connectivity index (χ1) is 13.0. The molecule has 3 rings (SSSR count). The third-order valence-electron chi connectivity index (χ3n) is 3.88. The predicted molar refractivity (Wildman–Crippen MR) is 109 cm³/mol. The first-order valence-electron chi connectivity index (χ1n) is 8.08. The van der Waals surface area contributed by atoms with Gasteiger partial charge in [0.25, 0.3) is 11.8 Å². The van der Waals surface area contributed by atoms with Crippen LogP contribution in [0.2, 0.25) is 5.02 Å². The zero-order valence-electron chi connectivity index (χ0n) is 14.7. The summed E-state index contributed by atoms with van der Waals surface area (Å²) in [5.41, 5.74) is 2.45. The van der Waals surface area contributed by atoms with Crippen LogP contribution in [-0.2, 0) is 0 Å². The third kappa shape index (κ3) is 4.48. The Balaban J connectivity index is 1.71. The Labute approximate surface area is 165 Å². The summed E-state index contributed by atoms with van der Waals surface area (Å²) in [6.45, 7) is 1.85. The van der Waals surface area contributed by atoms with Crippen LogP contribution in [0.4, 0.5) is 11.4 Å². The number of methoxy groups -OCH3 is 1. The van der Waals surface area contributed by atoms with Gasteiger partial charge in [-0.15, -0.1) is 11.3 Å². The van der Waals surface area contributed by atoms with Crippen molar-refractivity contribution in [3.8, 4) is 5.75 Å². The Morgan fingerprint density at radius 3 is 2.41 bits per heavy atom. The van der Waals surface area contributed by atoms with Crippen LogP contribution in [-0.4, -0.2) is 18.9 Å². The minimum absolute atomic E-state index is 0.177. The Bertz CT molecular complexity index is 970. The average molecular weight is 401 g/mol. The molecule has 27 heavy (non-hydrogen) atoms. The number of anilines is 2. The average Bonchev–Trinajstić information content (AvgIpc) is 3.20. The third-order valence-corrected chi connectivity index (χ3v) is 5.15. The van der Waals surface area contributed by atoms with E-state index in [9.17, 15) is 9.59 Å². The number of amides is 2. The highest BCUT2D eigenvalue weighted by Gasteiger charge is 2.13. The molecule has 5 nitrogen and oxygen atoms in total. The first kappa shape index (κ1) is 18.9. The van der Waals surface area contributed by atoms with Crippen molar-refractivity contribution in [1.29, 1.82) is 0 Å².